The second-order valence-electron chi connectivity index (χ2n) is 4.12. The van der Waals surface area contributed by atoms with Crippen LogP contribution in [-0.4, -0.2) is 21.1 Å². The summed E-state index contributed by atoms with van der Waals surface area (Å²) in [4.78, 5) is 8.59. The molecule has 0 spiro atoms. The van der Waals surface area contributed by atoms with Gasteiger partial charge in [-0.3, -0.25) is 4.98 Å². The summed E-state index contributed by atoms with van der Waals surface area (Å²) in [7, 11) is 1.99. The smallest absolute Gasteiger partial charge is 0.141 e. The minimum atomic E-state index is 0.860. The van der Waals surface area contributed by atoms with Gasteiger partial charge in [0.15, 0.2) is 0 Å². The lowest BCUT2D eigenvalue weighted by atomic mass is 10.2. The van der Waals surface area contributed by atoms with Crippen molar-refractivity contribution < 1.29 is 0 Å². The summed E-state index contributed by atoms with van der Waals surface area (Å²) in [6, 6.07) is 2.14. The fourth-order valence-electron chi connectivity index (χ4n) is 1.76. The molecule has 2 rings (SSSR count). The summed E-state index contributed by atoms with van der Waals surface area (Å²) >= 11 is 0. The third-order valence-electron chi connectivity index (χ3n) is 2.63. The molecule has 0 aliphatic rings. The van der Waals surface area contributed by atoms with Crippen LogP contribution in [0.4, 0.5) is 0 Å². The molecule has 0 radical (unpaired) electrons. The van der Waals surface area contributed by atoms with Crippen LogP contribution in [0.25, 0.3) is 11.4 Å². The number of pyridine rings is 1. The first-order valence-corrected chi connectivity index (χ1v) is 5.93. The maximum atomic E-state index is 4.33. The summed E-state index contributed by atoms with van der Waals surface area (Å²) in [5.41, 5.74) is 2.26. The number of nitrogens with zero attached hydrogens (tertiary/aromatic N) is 3. The summed E-state index contributed by atoms with van der Waals surface area (Å²) in [6.45, 7) is 4.06. The Bertz CT molecular complexity index is 476. The van der Waals surface area contributed by atoms with Gasteiger partial charge < -0.3 is 9.88 Å². The normalized spacial score (nSPS) is 10.7. The minimum absolute atomic E-state index is 0.860. The molecule has 0 unspecified atom stereocenters. The maximum absolute atomic E-state index is 4.33. The highest BCUT2D eigenvalue weighted by Gasteiger charge is 2.04. The molecular weight excluding hydrogens is 212 g/mol. The van der Waals surface area contributed by atoms with Gasteiger partial charge in [0.1, 0.15) is 5.82 Å². The number of aromatic nitrogens is 3. The number of imidazole rings is 1. The van der Waals surface area contributed by atoms with E-state index in [1.54, 1.807) is 6.20 Å². The zero-order valence-electron chi connectivity index (χ0n) is 10.3. The van der Waals surface area contributed by atoms with Gasteiger partial charge in [-0.25, -0.2) is 4.98 Å². The molecule has 0 bridgehead atoms. The second kappa shape index (κ2) is 5.59. The van der Waals surface area contributed by atoms with Gasteiger partial charge in [-0.1, -0.05) is 6.92 Å². The number of nitrogens with one attached hydrogen (secondary N) is 1. The summed E-state index contributed by atoms with van der Waals surface area (Å²) < 4.78 is 2.00. The van der Waals surface area contributed by atoms with Gasteiger partial charge >= 0.3 is 0 Å². The van der Waals surface area contributed by atoms with Gasteiger partial charge in [0.25, 0.3) is 0 Å². The maximum Gasteiger partial charge on any atom is 0.141 e. The molecule has 0 fully saturated rings. The van der Waals surface area contributed by atoms with E-state index < -0.39 is 0 Å². The highest BCUT2D eigenvalue weighted by molar-refractivity contribution is 5.54. The first-order chi connectivity index (χ1) is 8.31. The van der Waals surface area contributed by atoms with E-state index in [0.29, 0.717) is 0 Å². The molecular formula is C13H18N4. The molecule has 0 aliphatic carbocycles. The van der Waals surface area contributed by atoms with Crippen molar-refractivity contribution in [1.82, 2.24) is 19.9 Å². The van der Waals surface area contributed by atoms with E-state index >= 15 is 0 Å². The molecule has 2 aromatic rings. The molecule has 0 aromatic carbocycles. The SMILES string of the molecule is CCCNCc1cncc(-c2nccn2C)c1. The standard InChI is InChI=1S/C13H18N4/c1-3-4-14-8-11-7-12(10-15-9-11)13-16-5-6-17(13)2/h5-7,9-10,14H,3-4,8H2,1-2H3. The van der Waals surface area contributed by atoms with Crippen LogP contribution in [0.2, 0.25) is 0 Å². The average Bonchev–Trinajstić information content (AvgIpc) is 2.76. The molecule has 0 saturated carbocycles. The quantitative estimate of drug-likeness (QED) is 0.799. The van der Waals surface area contributed by atoms with Crippen LogP contribution in [0.1, 0.15) is 18.9 Å². The van der Waals surface area contributed by atoms with E-state index in [1.807, 2.05) is 30.2 Å². The van der Waals surface area contributed by atoms with Crippen LogP contribution in [0.5, 0.6) is 0 Å². The predicted molar refractivity (Wildman–Crippen MR) is 68.4 cm³/mol. The highest BCUT2D eigenvalue weighted by atomic mass is 15.0. The fourth-order valence-corrected chi connectivity index (χ4v) is 1.76. The number of hydrogen-bond donors (Lipinski definition) is 1. The third-order valence-corrected chi connectivity index (χ3v) is 2.63. The minimum Gasteiger partial charge on any atom is -0.334 e. The average molecular weight is 230 g/mol. The van der Waals surface area contributed by atoms with E-state index in [2.05, 4.69) is 28.3 Å². The Hall–Kier alpha value is -1.68. The van der Waals surface area contributed by atoms with Crippen LogP contribution < -0.4 is 5.32 Å². The molecule has 90 valence electrons. The number of hydrogen-bond acceptors (Lipinski definition) is 3. The van der Waals surface area contributed by atoms with Crippen LogP contribution in [-0.2, 0) is 13.6 Å². The Morgan fingerprint density at radius 2 is 2.24 bits per heavy atom. The molecule has 17 heavy (non-hydrogen) atoms. The van der Waals surface area contributed by atoms with Crippen molar-refractivity contribution >= 4 is 0 Å². The third kappa shape index (κ3) is 2.91. The van der Waals surface area contributed by atoms with Gasteiger partial charge in [0, 0.05) is 43.9 Å². The van der Waals surface area contributed by atoms with Gasteiger partial charge in [-0.05, 0) is 24.6 Å². The molecule has 4 heteroatoms. The van der Waals surface area contributed by atoms with E-state index in [-0.39, 0.29) is 0 Å². The Balaban J connectivity index is 2.14. The highest BCUT2D eigenvalue weighted by Crippen LogP contribution is 2.16. The zero-order chi connectivity index (χ0) is 12.1. The van der Waals surface area contributed by atoms with Crippen molar-refractivity contribution in [2.75, 3.05) is 6.54 Å². The van der Waals surface area contributed by atoms with Gasteiger partial charge in [0.2, 0.25) is 0 Å². The van der Waals surface area contributed by atoms with Crippen molar-refractivity contribution in [3.8, 4) is 11.4 Å². The summed E-state index contributed by atoms with van der Waals surface area (Å²) in [5.74, 6) is 0.954. The van der Waals surface area contributed by atoms with Crippen molar-refractivity contribution in [3.05, 3.63) is 36.4 Å². The Labute approximate surface area is 102 Å². The Kier molecular flexibility index (Phi) is 3.88. The van der Waals surface area contributed by atoms with Crippen LogP contribution in [0.15, 0.2) is 30.9 Å². The number of aryl methyl sites for hydroxylation is 1. The van der Waals surface area contributed by atoms with Crippen molar-refractivity contribution in [2.45, 2.75) is 19.9 Å². The monoisotopic (exact) mass is 230 g/mol. The van der Waals surface area contributed by atoms with Crippen LogP contribution in [0.3, 0.4) is 0 Å². The van der Waals surface area contributed by atoms with E-state index in [9.17, 15) is 0 Å². The zero-order valence-corrected chi connectivity index (χ0v) is 10.3. The van der Waals surface area contributed by atoms with E-state index in [4.69, 9.17) is 0 Å². The molecule has 4 nitrogen and oxygen atoms in total. The number of rotatable bonds is 5. The van der Waals surface area contributed by atoms with Gasteiger partial charge in [0.05, 0.1) is 0 Å². The lowest BCUT2D eigenvalue weighted by Crippen LogP contribution is -2.13. The topological polar surface area (TPSA) is 42.7 Å². The van der Waals surface area contributed by atoms with Crippen molar-refractivity contribution in [2.24, 2.45) is 7.05 Å². The molecule has 0 amide bonds. The van der Waals surface area contributed by atoms with Crippen LogP contribution >= 0.6 is 0 Å². The summed E-state index contributed by atoms with van der Waals surface area (Å²) in [5, 5.41) is 3.37. The molecule has 0 aliphatic heterocycles. The fraction of sp³-hybridized carbons (Fsp3) is 0.385. The molecule has 1 N–H and O–H groups in total. The lowest BCUT2D eigenvalue weighted by Gasteiger charge is -2.06. The summed E-state index contributed by atoms with van der Waals surface area (Å²) in [6.07, 6.45) is 8.64. The van der Waals surface area contributed by atoms with Gasteiger partial charge in [-0.15, -0.1) is 0 Å². The first-order valence-electron chi connectivity index (χ1n) is 5.93. The second-order valence-corrected chi connectivity index (χ2v) is 4.12. The lowest BCUT2D eigenvalue weighted by molar-refractivity contribution is 0.674. The first kappa shape index (κ1) is 11.8. The Morgan fingerprint density at radius 3 is 2.94 bits per heavy atom. The van der Waals surface area contributed by atoms with Crippen LogP contribution in [0, 0.1) is 0 Å². The van der Waals surface area contributed by atoms with Crippen molar-refractivity contribution in [3.63, 3.8) is 0 Å². The largest absolute Gasteiger partial charge is 0.334 e. The van der Waals surface area contributed by atoms with Gasteiger partial charge in [-0.2, -0.15) is 0 Å². The predicted octanol–water partition coefficient (Wildman–Crippen LogP) is 1.98. The Morgan fingerprint density at radius 1 is 1.35 bits per heavy atom. The molecule has 0 atom stereocenters. The molecule has 2 aromatic heterocycles. The molecule has 0 saturated heterocycles. The van der Waals surface area contributed by atoms with Crippen molar-refractivity contribution in [1.29, 1.82) is 0 Å². The van der Waals surface area contributed by atoms with E-state index in [1.165, 1.54) is 5.56 Å². The molecule has 2 heterocycles. The van der Waals surface area contributed by atoms with E-state index in [0.717, 1.165) is 30.9 Å².